The predicted molar refractivity (Wildman–Crippen MR) is 69.6 cm³/mol. The molecule has 1 saturated heterocycles. The largest absolute Gasteiger partial charge is 0.381 e. The van der Waals surface area contributed by atoms with Crippen LogP contribution in [0.2, 0.25) is 0 Å². The molecule has 18 heavy (non-hydrogen) atoms. The molecule has 0 aliphatic carbocycles. The number of nitrogens with zero attached hydrogens (tertiary/aromatic N) is 2. The zero-order valence-corrected chi connectivity index (χ0v) is 11.5. The third kappa shape index (κ3) is 2.80. The second kappa shape index (κ2) is 5.65. The fraction of sp³-hybridized carbons (Fsp3) is 0.714. The van der Waals surface area contributed by atoms with Crippen molar-refractivity contribution in [1.82, 2.24) is 9.78 Å². The van der Waals surface area contributed by atoms with E-state index in [-0.39, 0.29) is 5.92 Å². The summed E-state index contributed by atoms with van der Waals surface area (Å²) in [6.07, 6.45) is 3.42. The molecule has 0 radical (unpaired) electrons. The highest BCUT2D eigenvalue weighted by Crippen LogP contribution is 2.19. The Labute approximate surface area is 108 Å². The van der Waals surface area contributed by atoms with E-state index in [4.69, 9.17) is 4.74 Å². The van der Waals surface area contributed by atoms with Crippen molar-refractivity contribution >= 4 is 5.78 Å². The van der Waals surface area contributed by atoms with Gasteiger partial charge in [-0.05, 0) is 38.7 Å². The summed E-state index contributed by atoms with van der Waals surface area (Å²) in [5.74, 6) is 0.466. The highest BCUT2D eigenvalue weighted by Gasteiger charge is 2.22. The molecule has 1 fully saturated rings. The Bertz CT molecular complexity index is 431. The Morgan fingerprint density at radius 2 is 2.28 bits per heavy atom. The molecule has 1 aromatic rings. The Balaban J connectivity index is 1.92. The minimum atomic E-state index is 0.121. The lowest BCUT2D eigenvalue weighted by Crippen LogP contribution is -2.25. The van der Waals surface area contributed by atoms with Crippen molar-refractivity contribution in [3.8, 4) is 0 Å². The first-order valence-corrected chi connectivity index (χ1v) is 6.69. The topological polar surface area (TPSA) is 44.1 Å². The molecule has 1 atom stereocenters. The summed E-state index contributed by atoms with van der Waals surface area (Å²) in [6.45, 7) is 5.49. The molecule has 0 aromatic carbocycles. The van der Waals surface area contributed by atoms with Crippen molar-refractivity contribution in [2.75, 3.05) is 13.2 Å². The molecule has 4 nitrogen and oxygen atoms in total. The highest BCUT2D eigenvalue weighted by atomic mass is 16.5. The molecule has 0 N–H and O–H groups in total. The standard InChI is InChI=1S/C14H22N2O2/c1-10-13(11(2)16(3)15-10)6-7-14(17)12-5-4-8-18-9-12/h12H,4-9H2,1-3H3. The lowest BCUT2D eigenvalue weighted by Gasteiger charge is -2.20. The molecule has 0 amide bonds. The molecule has 1 aliphatic heterocycles. The number of ketones is 1. The van der Waals surface area contributed by atoms with Gasteiger partial charge in [0.25, 0.3) is 0 Å². The molecular weight excluding hydrogens is 228 g/mol. The van der Waals surface area contributed by atoms with E-state index in [0.717, 1.165) is 31.6 Å². The number of hydrogen-bond donors (Lipinski definition) is 0. The summed E-state index contributed by atoms with van der Waals surface area (Å²) in [4.78, 5) is 12.1. The lowest BCUT2D eigenvalue weighted by molar-refractivity contribution is -0.126. The van der Waals surface area contributed by atoms with Crippen LogP contribution < -0.4 is 0 Å². The molecule has 0 bridgehead atoms. The van der Waals surface area contributed by atoms with E-state index < -0.39 is 0 Å². The smallest absolute Gasteiger partial charge is 0.138 e. The fourth-order valence-electron chi connectivity index (χ4n) is 2.63. The van der Waals surface area contributed by atoms with Crippen molar-refractivity contribution in [2.45, 2.75) is 39.5 Å². The predicted octanol–water partition coefficient (Wildman–Crippen LogP) is 1.97. The van der Waals surface area contributed by atoms with Crippen LogP contribution in [0.1, 0.15) is 36.2 Å². The van der Waals surface area contributed by atoms with E-state index in [9.17, 15) is 4.79 Å². The SMILES string of the molecule is Cc1nn(C)c(C)c1CCC(=O)C1CCCOC1. The molecule has 1 aromatic heterocycles. The summed E-state index contributed by atoms with van der Waals surface area (Å²) < 4.78 is 7.26. The van der Waals surface area contributed by atoms with Crippen LogP contribution in [0.3, 0.4) is 0 Å². The molecule has 2 rings (SSSR count). The van der Waals surface area contributed by atoms with E-state index in [0.29, 0.717) is 18.8 Å². The van der Waals surface area contributed by atoms with Gasteiger partial charge in [0.15, 0.2) is 0 Å². The number of rotatable bonds is 4. The fourth-order valence-corrected chi connectivity index (χ4v) is 2.63. The van der Waals surface area contributed by atoms with E-state index in [1.54, 1.807) is 0 Å². The molecule has 1 aliphatic rings. The van der Waals surface area contributed by atoms with Crippen LogP contribution >= 0.6 is 0 Å². The zero-order valence-electron chi connectivity index (χ0n) is 11.5. The minimum Gasteiger partial charge on any atom is -0.381 e. The number of aryl methyl sites for hydroxylation is 2. The first-order valence-electron chi connectivity index (χ1n) is 6.69. The van der Waals surface area contributed by atoms with Crippen LogP contribution in [-0.2, 0) is 23.0 Å². The number of aromatic nitrogens is 2. The minimum absolute atomic E-state index is 0.121. The lowest BCUT2D eigenvalue weighted by atomic mass is 9.93. The van der Waals surface area contributed by atoms with Gasteiger partial charge >= 0.3 is 0 Å². The Hall–Kier alpha value is -1.16. The van der Waals surface area contributed by atoms with Gasteiger partial charge in [0.2, 0.25) is 0 Å². The molecule has 4 heteroatoms. The average molecular weight is 250 g/mol. The van der Waals surface area contributed by atoms with Crippen molar-refractivity contribution in [3.63, 3.8) is 0 Å². The third-order valence-electron chi connectivity index (χ3n) is 3.90. The van der Waals surface area contributed by atoms with Crippen LogP contribution in [0.15, 0.2) is 0 Å². The van der Waals surface area contributed by atoms with Crippen LogP contribution in [0, 0.1) is 19.8 Å². The van der Waals surface area contributed by atoms with E-state index in [1.165, 1.54) is 11.3 Å². The van der Waals surface area contributed by atoms with Crippen molar-refractivity contribution in [1.29, 1.82) is 0 Å². The molecule has 1 unspecified atom stereocenters. The van der Waals surface area contributed by atoms with Gasteiger partial charge in [-0.15, -0.1) is 0 Å². The van der Waals surface area contributed by atoms with Crippen LogP contribution in [-0.4, -0.2) is 28.8 Å². The summed E-state index contributed by atoms with van der Waals surface area (Å²) in [7, 11) is 1.95. The first-order chi connectivity index (χ1) is 8.59. The molecule has 0 saturated carbocycles. The quantitative estimate of drug-likeness (QED) is 0.820. The van der Waals surface area contributed by atoms with Gasteiger partial charge in [-0.2, -0.15) is 5.10 Å². The maximum absolute atomic E-state index is 12.1. The third-order valence-corrected chi connectivity index (χ3v) is 3.90. The molecule has 0 spiro atoms. The van der Waals surface area contributed by atoms with Gasteiger partial charge in [-0.25, -0.2) is 0 Å². The number of hydrogen-bond acceptors (Lipinski definition) is 3. The number of ether oxygens (including phenoxy) is 1. The number of carbonyl (C=O) groups is 1. The normalized spacial score (nSPS) is 20.1. The summed E-state index contributed by atoms with van der Waals surface area (Å²) in [5, 5.41) is 4.38. The first kappa shape index (κ1) is 13.3. The van der Waals surface area contributed by atoms with Gasteiger partial charge in [-0.1, -0.05) is 0 Å². The molecule has 2 heterocycles. The summed E-state index contributed by atoms with van der Waals surface area (Å²) >= 11 is 0. The van der Waals surface area contributed by atoms with Gasteiger partial charge < -0.3 is 4.74 Å². The summed E-state index contributed by atoms with van der Waals surface area (Å²) in [6, 6.07) is 0. The van der Waals surface area contributed by atoms with Gasteiger partial charge in [0, 0.05) is 31.7 Å². The van der Waals surface area contributed by atoms with Crippen molar-refractivity contribution < 1.29 is 9.53 Å². The van der Waals surface area contributed by atoms with Gasteiger partial charge in [0.05, 0.1) is 12.3 Å². The monoisotopic (exact) mass is 250 g/mol. The van der Waals surface area contributed by atoms with Crippen LogP contribution in [0.4, 0.5) is 0 Å². The van der Waals surface area contributed by atoms with Crippen LogP contribution in [0.5, 0.6) is 0 Å². The molecular formula is C14H22N2O2. The average Bonchev–Trinajstić information content (AvgIpc) is 2.62. The van der Waals surface area contributed by atoms with Crippen LogP contribution in [0.25, 0.3) is 0 Å². The van der Waals surface area contributed by atoms with E-state index >= 15 is 0 Å². The second-order valence-electron chi connectivity index (χ2n) is 5.15. The second-order valence-corrected chi connectivity index (χ2v) is 5.15. The van der Waals surface area contributed by atoms with Crippen molar-refractivity contribution in [3.05, 3.63) is 17.0 Å². The van der Waals surface area contributed by atoms with Crippen molar-refractivity contribution in [2.24, 2.45) is 13.0 Å². The maximum atomic E-state index is 12.1. The Morgan fingerprint density at radius 1 is 1.50 bits per heavy atom. The number of carbonyl (C=O) groups excluding carboxylic acids is 1. The summed E-state index contributed by atoms with van der Waals surface area (Å²) in [5.41, 5.74) is 3.44. The Morgan fingerprint density at radius 3 is 2.83 bits per heavy atom. The van der Waals surface area contributed by atoms with E-state index in [2.05, 4.69) is 12.0 Å². The van der Waals surface area contributed by atoms with Gasteiger partial charge in [-0.3, -0.25) is 9.48 Å². The molecule has 100 valence electrons. The Kier molecular flexibility index (Phi) is 4.17. The maximum Gasteiger partial charge on any atom is 0.138 e. The number of Topliss-reactive ketones (excluding diaryl/α,β-unsaturated/α-hetero) is 1. The van der Waals surface area contributed by atoms with E-state index in [1.807, 2.05) is 18.7 Å². The zero-order chi connectivity index (χ0) is 13.1. The van der Waals surface area contributed by atoms with Gasteiger partial charge in [0.1, 0.15) is 5.78 Å². The highest BCUT2D eigenvalue weighted by molar-refractivity contribution is 5.81.